The van der Waals surface area contributed by atoms with Crippen molar-refractivity contribution in [3.05, 3.63) is 36.8 Å². The number of carbonyl (C=O) groups excluding carboxylic acids is 1. The zero-order chi connectivity index (χ0) is 17.9. The number of nitrogens with zero attached hydrogens (tertiary/aromatic N) is 3. The van der Waals surface area contributed by atoms with Crippen molar-refractivity contribution in [2.45, 2.75) is 31.5 Å². The van der Waals surface area contributed by atoms with E-state index in [0.29, 0.717) is 28.1 Å². The van der Waals surface area contributed by atoms with E-state index in [4.69, 9.17) is 8.83 Å². The maximum Gasteiger partial charge on any atom is 0.230 e. The fourth-order valence-electron chi connectivity index (χ4n) is 2.12. The quantitative estimate of drug-likeness (QED) is 0.699. The zero-order valence-corrected chi connectivity index (χ0v) is 15.0. The molecule has 0 saturated heterocycles. The van der Waals surface area contributed by atoms with Crippen LogP contribution in [0.2, 0.25) is 0 Å². The molecule has 0 bridgehead atoms. The maximum atomic E-state index is 12.0. The molecule has 25 heavy (non-hydrogen) atoms. The Balaban J connectivity index is 1.83. The Morgan fingerprint density at radius 2 is 1.72 bits per heavy atom. The van der Waals surface area contributed by atoms with Crippen LogP contribution in [0.25, 0.3) is 22.9 Å². The van der Waals surface area contributed by atoms with E-state index in [1.165, 1.54) is 11.8 Å². The number of aromatic nitrogens is 3. The Kier molecular flexibility index (Phi) is 4.89. The van der Waals surface area contributed by atoms with E-state index >= 15 is 0 Å². The van der Waals surface area contributed by atoms with E-state index in [9.17, 15) is 4.79 Å². The van der Waals surface area contributed by atoms with Gasteiger partial charge in [0.15, 0.2) is 17.2 Å². The average molecular weight is 358 g/mol. The van der Waals surface area contributed by atoms with Gasteiger partial charge in [0.2, 0.25) is 11.1 Å². The molecular weight excluding hydrogens is 340 g/mol. The van der Waals surface area contributed by atoms with Crippen LogP contribution in [0, 0.1) is 0 Å². The van der Waals surface area contributed by atoms with Crippen LogP contribution in [-0.4, -0.2) is 32.4 Å². The van der Waals surface area contributed by atoms with Gasteiger partial charge in [-0.25, -0.2) is 4.98 Å². The third-order valence-corrected chi connectivity index (χ3v) is 3.86. The van der Waals surface area contributed by atoms with Crippen molar-refractivity contribution in [2.24, 2.45) is 0 Å². The van der Waals surface area contributed by atoms with Crippen molar-refractivity contribution in [3.8, 4) is 22.9 Å². The first-order chi connectivity index (χ1) is 11.9. The summed E-state index contributed by atoms with van der Waals surface area (Å²) < 4.78 is 10.8. The fraction of sp³-hybridized carbons (Fsp3) is 0.294. The van der Waals surface area contributed by atoms with E-state index in [2.05, 4.69) is 20.5 Å². The summed E-state index contributed by atoms with van der Waals surface area (Å²) >= 11 is 1.22. The average Bonchev–Trinajstić information content (AvgIpc) is 3.24. The van der Waals surface area contributed by atoms with Crippen molar-refractivity contribution in [1.82, 2.24) is 20.5 Å². The molecule has 0 saturated carbocycles. The highest BCUT2D eigenvalue weighted by Crippen LogP contribution is 2.30. The Labute approximate surface area is 149 Å². The number of rotatable bonds is 5. The molecule has 3 aromatic heterocycles. The Bertz CT molecular complexity index is 839. The Morgan fingerprint density at radius 1 is 1.08 bits per heavy atom. The topological polar surface area (TPSA) is 94.1 Å². The van der Waals surface area contributed by atoms with Crippen LogP contribution < -0.4 is 5.32 Å². The van der Waals surface area contributed by atoms with Crippen LogP contribution in [-0.2, 0) is 4.79 Å². The lowest BCUT2D eigenvalue weighted by molar-refractivity contribution is -0.119. The predicted molar refractivity (Wildman–Crippen MR) is 93.9 cm³/mol. The van der Waals surface area contributed by atoms with Gasteiger partial charge in [-0.3, -0.25) is 4.79 Å². The number of hydrogen-bond acceptors (Lipinski definition) is 7. The molecule has 1 N–H and O–H groups in total. The highest BCUT2D eigenvalue weighted by Gasteiger charge is 2.19. The number of thioether (sulfide) groups is 1. The lowest BCUT2D eigenvalue weighted by atomic mass is 10.1. The van der Waals surface area contributed by atoms with Gasteiger partial charge in [0, 0.05) is 5.54 Å². The fourth-order valence-corrected chi connectivity index (χ4v) is 2.71. The van der Waals surface area contributed by atoms with E-state index in [-0.39, 0.29) is 17.2 Å². The van der Waals surface area contributed by atoms with Crippen molar-refractivity contribution < 1.29 is 13.6 Å². The first-order valence-corrected chi connectivity index (χ1v) is 8.67. The Hall–Kier alpha value is -2.61. The molecule has 8 heteroatoms. The molecule has 0 spiro atoms. The first kappa shape index (κ1) is 17.2. The van der Waals surface area contributed by atoms with Gasteiger partial charge >= 0.3 is 0 Å². The van der Waals surface area contributed by atoms with Gasteiger partial charge < -0.3 is 14.2 Å². The van der Waals surface area contributed by atoms with E-state index < -0.39 is 0 Å². The number of furan rings is 2. The number of hydrogen-bond donors (Lipinski definition) is 1. The van der Waals surface area contributed by atoms with Crippen LogP contribution in [0.15, 0.2) is 50.8 Å². The van der Waals surface area contributed by atoms with Crippen LogP contribution in [0.3, 0.4) is 0 Å². The molecule has 3 aromatic rings. The highest BCUT2D eigenvalue weighted by atomic mass is 32.2. The van der Waals surface area contributed by atoms with Crippen molar-refractivity contribution in [2.75, 3.05) is 5.75 Å². The molecule has 0 radical (unpaired) electrons. The van der Waals surface area contributed by atoms with Crippen LogP contribution in [0.5, 0.6) is 0 Å². The van der Waals surface area contributed by atoms with Crippen molar-refractivity contribution in [1.29, 1.82) is 0 Å². The van der Waals surface area contributed by atoms with Gasteiger partial charge in [-0.05, 0) is 45.0 Å². The summed E-state index contributed by atoms with van der Waals surface area (Å²) in [6.45, 7) is 5.79. The highest BCUT2D eigenvalue weighted by molar-refractivity contribution is 7.99. The Morgan fingerprint density at radius 3 is 2.28 bits per heavy atom. The molecule has 0 aliphatic carbocycles. The third-order valence-electron chi connectivity index (χ3n) is 3.02. The SMILES string of the molecule is CC(C)(C)NC(=O)CSc1nnc(-c2ccco2)c(-c2ccco2)n1. The zero-order valence-electron chi connectivity index (χ0n) is 14.1. The van der Waals surface area contributed by atoms with E-state index in [1.54, 1.807) is 36.8 Å². The van der Waals surface area contributed by atoms with Gasteiger partial charge in [0.05, 0.1) is 18.3 Å². The lowest BCUT2D eigenvalue weighted by Gasteiger charge is -2.20. The molecular formula is C17H18N4O3S. The first-order valence-electron chi connectivity index (χ1n) is 7.69. The molecule has 1 amide bonds. The minimum Gasteiger partial charge on any atom is -0.463 e. The molecule has 3 heterocycles. The second-order valence-electron chi connectivity index (χ2n) is 6.33. The summed E-state index contributed by atoms with van der Waals surface area (Å²) in [5.74, 6) is 1.22. The van der Waals surface area contributed by atoms with Crippen LogP contribution in [0.4, 0.5) is 0 Å². The van der Waals surface area contributed by atoms with E-state index in [0.717, 1.165) is 0 Å². The van der Waals surface area contributed by atoms with E-state index in [1.807, 2.05) is 20.8 Å². The minimum absolute atomic E-state index is 0.0873. The molecule has 0 unspecified atom stereocenters. The van der Waals surface area contributed by atoms with Crippen molar-refractivity contribution in [3.63, 3.8) is 0 Å². The standard InChI is InChI=1S/C17H18N4O3S/c1-17(2,3)19-13(22)10-25-16-18-14(11-6-4-8-23-11)15(20-21-16)12-7-5-9-24-12/h4-9H,10H2,1-3H3,(H,19,22). The minimum atomic E-state index is -0.279. The van der Waals surface area contributed by atoms with Gasteiger partial charge in [-0.2, -0.15) is 0 Å². The van der Waals surface area contributed by atoms with Crippen LogP contribution >= 0.6 is 11.8 Å². The molecule has 0 aliphatic heterocycles. The molecule has 0 aliphatic rings. The van der Waals surface area contributed by atoms with Crippen LogP contribution in [0.1, 0.15) is 20.8 Å². The molecule has 7 nitrogen and oxygen atoms in total. The van der Waals surface area contributed by atoms with Gasteiger partial charge in [0.25, 0.3) is 0 Å². The third kappa shape index (κ3) is 4.48. The summed E-state index contributed by atoms with van der Waals surface area (Å²) in [5.41, 5.74) is 0.733. The van der Waals surface area contributed by atoms with Gasteiger partial charge in [0.1, 0.15) is 5.69 Å². The lowest BCUT2D eigenvalue weighted by Crippen LogP contribution is -2.41. The summed E-state index contributed by atoms with van der Waals surface area (Å²) in [4.78, 5) is 16.5. The predicted octanol–water partition coefficient (Wildman–Crippen LogP) is 3.40. The number of nitrogens with one attached hydrogen (secondary N) is 1. The smallest absolute Gasteiger partial charge is 0.230 e. The second-order valence-corrected chi connectivity index (χ2v) is 7.28. The van der Waals surface area contributed by atoms with Crippen molar-refractivity contribution >= 4 is 17.7 Å². The molecule has 0 aromatic carbocycles. The summed E-state index contributed by atoms with van der Waals surface area (Å²) in [5, 5.41) is 11.6. The second kappa shape index (κ2) is 7.10. The van der Waals surface area contributed by atoms with Gasteiger partial charge in [-0.15, -0.1) is 10.2 Å². The summed E-state index contributed by atoms with van der Waals surface area (Å²) in [7, 11) is 0. The summed E-state index contributed by atoms with van der Waals surface area (Å²) in [6, 6.07) is 7.11. The number of carbonyl (C=O) groups is 1. The molecule has 0 fully saturated rings. The van der Waals surface area contributed by atoms with Gasteiger partial charge in [-0.1, -0.05) is 11.8 Å². The summed E-state index contributed by atoms with van der Waals surface area (Å²) in [6.07, 6.45) is 3.12. The maximum absolute atomic E-state index is 12.0. The largest absolute Gasteiger partial charge is 0.463 e. The molecule has 0 atom stereocenters. The normalized spacial score (nSPS) is 11.5. The monoisotopic (exact) mass is 358 g/mol. The number of amides is 1. The molecule has 130 valence electrons. The molecule has 3 rings (SSSR count).